The number of aromatic nitrogens is 3. The lowest BCUT2D eigenvalue weighted by Crippen LogP contribution is -2.04. The third-order valence-corrected chi connectivity index (χ3v) is 4.53. The maximum atomic E-state index is 6.22. The Morgan fingerprint density at radius 3 is 2.31 bits per heavy atom. The van der Waals surface area contributed by atoms with Crippen molar-refractivity contribution in [2.75, 3.05) is 11.5 Å². The molecule has 2 aromatic carbocycles. The Balaban J connectivity index is 1.69. The Bertz CT molecular complexity index is 1130. The molecule has 0 aliphatic heterocycles. The number of nitrogen functional groups attached to an aromatic ring is 2. The van der Waals surface area contributed by atoms with E-state index < -0.39 is 0 Å². The molecule has 4 N–H and O–H groups in total. The zero-order valence-electron chi connectivity index (χ0n) is 16.0. The van der Waals surface area contributed by atoms with E-state index in [-0.39, 0.29) is 5.95 Å². The molecule has 0 radical (unpaired) electrons. The van der Waals surface area contributed by atoms with Gasteiger partial charge >= 0.3 is 0 Å². The molecular weight excluding hydrogens is 362 g/mol. The second kappa shape index (κ2) is 7.98. The number of nitrogens with zero attached hydrogens (tertiary/aromatic N) is 3. The van der Waals surface area contributed by atoms with E-state index in [0.717, 1.165) is 40.3 Å². The first kappa shape index (κ1) is 18.4. The first-order chi connectivity index (χ1) is 14.1. The molecule has 0 aliphatic carbocycles. The average molecular weight is 383 g/mol. The van der Waals surface area contributed by atoms with Crippen molar-refractivity contribution < 1.29 is 4.74 Å². The van der Waals surface area contributed by atoms with Crippen molar-refractivity contribution in [1.29, 1.82) is 0 Å². The largest absolute Gasteiger partial charge is 0.457 e. The van der Waals surface area contributed by atoms with Crippen LogP contribution in [0.3, 0.4) is 0 Å². The lowest BCUT2D eigenvalue weighted by molar-refractivity contribution is 0.481. The van der Waals surface area contributed by atoms with Gasteiger partial charge in [-0.1, -0.05) is 49.4 Å². The van der Waals surface area contributed by atoms with Crippen molar-refractivity contribution in [3.63, 3.8) is 0 Å². The SMILES string of the molecule is CCc1cc(Oc2ccc(-c3c(N)nc(N)nc3-c3ccccc3)cc2)ccn1. The summed E-state index contributed by atoms with van der Waals surface area (Å²) in [6, 6.07) is 21.2. The maximum Gasteiger partial charge on any atom is 0.222 e. The van der Waals surface area contributed by atoms with Crippen LogP contribution in [-0.2, 0) is 6.42 Å². The summed E-state index contributed by atoms with van der Waals surface area (Å²) in [5, 5.41) is 0. The number of aryl methyl sites for hydroxylation is 1. The lowest BCUT2D eigenvalue weighted by atomic mass is 9.99. The molecule has 0 fully saturated rings. The third kappa shape index (κ3) is 4.01. The van der Waals surface area contributed by atoms with Gasteiger partial charge in [0.25, 0.3) is 0 Å². The first-order valence-electron chi connectivity index (χ1n) is 9.35. The summed E-state index contributed by atoms with van der Waals surface area (Å²) < 4.78 is 5.95. The van der Waals surface area contributed by atoms with Crippen molar-refractivity contribution in [2.24, 2.45) is 0 Å². The summed E-state index contributed by atoms with van der Waals surface area (Å²) in [7, 11) is 0. The number of hydrogen-bond acceptors (Lipinski definition) is 6. The van der Waals surface area contributed by atoms with Crippen LogP contribution in [0.15, 0.2) is 72.9 Å². The minimum absolute atomic E-state index is 0.148. The fraction of sp³-hybridized carbons (Fsp3) is 0.0870. The highest BCUT2D eigenvalue weighted by atomic mass is 16.5. The highest BCUT2D eigenvalue weighted by Gasteiger charge is 2.15. The molecule has 0 unspecified atom stereocenters. The second-order valence-corrected chi connectivity index (χ2v) is 6.52. The molecule has 0 atom stereocenters. The minimum atomic E-state index is 0.148. The van der Waals surface area contributed by atoms with Crippen LogP contribution < -0.4 is 16.2 Å². The molecule has 29 heavy (non-hydrogen) atoms. The van der Waals surface area contributed by atoms with Gasteiger partial charge < -0.3 is 16.2 Å². The van der Waals surface area contributed by atoms with E-state index >= 15 is 0 Å². The van der Waals surface area contributed by atoms with Gasteiger partial charge in [0, 0.05) is 23.5 Å². The van der Waals surface area contributed by atoms with Gasteiger partial charge in [-0.05, 0) is 30.2 Å². The molecule has 2 aromatic heterocycles. The molecule has 144 valence electrons. The molecule has 0 saturated carbocycles. The topological polar surface area (TPSA) is 99.9 Å². The van der Waals surface area contributed by atoms with Crippen molar-refractivity contribution in [2.45, 2.75) is 13.3 Å². The Morgan fingerprint density at radius 2 is 1.59 bits per heavy atom. The predicted octanol–water partition coefficient (Wildman–Crippen LogP) is 4.72. The molecule has 6 nitrogen and oxygen atoms in total. The van der Waals surface area contributed by atoms with Gasteiger partial charge in [0.2, 0.25) is 5.95 Å². The zero-order chi connectivity index (χ0) is 20.2. The van der Waals surface area contributed by atoms with Gasteiger partial charge in [0.05, 0.1) is 11.3 Å². The molecule has 6 heteroatoms. The summed E-state index contributed by atoms with van der Waals surface area (Å²) in [5.74, 6) is 1.96. The van der Waals surface area contributed by atoms with Crippen LogP contribution in [0, 0.1) is 0 Å². The van der Waals surface area contributed by atoms with Gasteiger partial charge in [0.1, 0.15) is 17.3 Å². The number of anilines is 2. The predicted molar refractivity (Wildman–Crippen MR) is 115 cm³/mol. The van der Waals surface area contributed by atoms with Gasteiger partial charge in [-0.25, -0.2) is 4.98 Å². The Labute approximate surface area is 169 Å². The molecule has 0 aliphatic rings. The highest BCUT2D eigenvalue weighted by molar-refractivity contribution is 5.88. The van der Waals surface area contributed by atoms with Crippen molar-refractivity contribution >= 4 is 11.8 Å². The van der Waals surface area contributed by atoms with Crippen LogP contribution in [0.1, 0.15) is 12.6 Å². The third-order valence-electron chi connectivity index (χ3n) is 4.53. The lowest BCUT2D eigenvalue weighted by Gasteiger charge is -2.13. The van der Waals surface area contributed by atoms with Crippen LogP contribution in [-0.4, -0.2) is 15.0 Å². The van der Waals surface area contributed by atoms with E-state index in [1.807, 2.05) is 66.7 Å². The number of rotatable bonds is 5. The minimum Gasteiger partial charge on any atom is -0.457 e. The number of hydrogen-bond donors (Lipinski definition) is 2. The molecule has 2 heterocycles. The summed E-state index contributed by atoms with van der Waals surface area (Å²) in [4.78, 5) is 12.9. The van der Waals surface area contributed by atoms with E-state index in [2.05, 4.69) is 21.9 Å². The standard InChI is InChI=1S/C23H21N5O/c1-2-17-14-19(12-13-26-17)29-18-10-8-15(9-11-18)20-21(16-6-4-3-5-7-16)27-23(25)28-22(20)24/h3-14H,2H2,1H3,(H4,24,25,27,28). The zero-order valence-corrected chi connectivity index (χ0v) is 16.0. The monoisotopic (exact) mass is 383 g/mol. The summed E-state index contributed by atoms with van der Waals surface area (Å²) in [6.07, 6.45) is 2.61. The average Bonchev–Trinajstić information content (AvgIpc) is 2.75. The maximum absolute atomic E-state index is 6.22. The highest BCUT2D eigenvalue weighted by Crippen LogP contribution is 2.36. The van der Waals surface area contributed by atoms with Crippen LogP contribution >= 0.6 is 0 Å². The van der Waals surface area contributed by atoms with Crippen LogP contribution in [0.25, 0.3) is 22.4 Å². The number of ether oxygens (including phenoxy) is 1. The van der Waals surface area contributed by atoms with Gasteiger partial charge in [-0.15, -0.1) is 0 Å². The summed E-state index contributed by atoms with van der Waals surface area (Å²) in [5.41, 5.74) is 16.3. The van der Waals surface area contributed by atoms with E-state index in [0.29, 0.717) is 11.5 Å². The van der Waals surface area contributed by atoms with Gasteiger partial charge in [-0.2, -0.15) is 4.98 Å². The Kier molecular flexibility index (Phi) is 5.07. The molecule has 0 saturated heterocycles. The van der Waals surface area contributed by atoms with E-state index in [9.17, 15) is 0 Å². The van der Waals surface area contributed by atoms with Gasteiger partial charge in [0.15, 0.2) is 0 Å². The van der Waals surface area contributed by atoms with Crippen molar-refractivity contribution in [1.82, 2.24) is 15.0 Å². The Morgan fingerprint density at radius 1 is 0.828 bits per heavy atom. The smallest absolute Gasteiger partial charge is 0.222 e. The second-order valence-electron chi connectivity index (χ2n) is 6.52. The normalized spacial score (nSPS) is 10.7. The Hall–Kier alpha value is -3.93. The van der Waals surface area contributed by atoms with E-state index in [1.54, 1.807) is 6.20 Å². The van der Waals surface area contributed by atoms with E-state index in [1.165, 1.54) is 0 Å². The molecule has 0 bridgehead atoms. The molecule has 0 amide bonds. The van der Waals surface area contributed by atoms with Crippen LogP contribution in [0.5, 0.6) is 11.5 Å². The fourth-order valence-electron chi connectivity index (χ4n) is 3.12. The fourth-order valence-corrected chi connectivity index (χ4v) is 3.12. The first-order valence-corrected chi connectivity index (χ1v) is 9.35. The quantitative estimate of drug-likeness (QED) is 0.517. The van der Waals surface area contributed by atoms with Crippen LogP contribution in [0.2, 0.25) is 0 Å². The van der Waals surface area contributed by atoms with E-state index in [4.69, 9.17) is 16.2 Å². The summed E-state index contributed by atoms with van der Waals surface area (Å²) in [6.45, 7) is 2.06. The number of pyridine rings is 1. The van der Waals surface area contributed by atoms with Crippen molar-refractivity contribution in [3.05, 3.63) is 78.6 Å². The molecular formula is C23H21N5O. The van der Waals surface area contributed by atoms with Gasteiger partial charge in [-0.3, -0.25) is 4.98 Å². The molecule has 4 rings (SSSR count). The number of benzene rings is 2. The molecule has 4 aromatic rings. The van der Waals surface area contributed by atoms with Crippen LogP contribution in [0.4, 0.5) is 11.8 Å². The number of nitrogens with two attached hydrogens (primary N) is 2. The summed E-state index contributed by atoms with van der Waals surface area (Å²) >= 11 is 0. The van der Waals surface area contributed by atoms with Crippen molar-refractivity contribution in [3.8, 4) is 33.9 Å². The molecule has 0 spiro atoms.